The van der Waals surface area contributed by atoms with Crippen LogP contribution in [0.25, 0.3) is 5.82 Å². The van der Waals surface area contributed by atoms with E-state index in [-0.39, 0.29) is 0 Å². The van der Waals surface area contributed by atoms with E-state index < -0.39 is 0 Å². The number of hydrogen-bond acceptors (Lipinski definition) is 6. The molecule has 0 atom stereocenters. The van der Waals surface area contributed by atoms with Gasteiger partial charge in [0.2, 0.25) is 0 Å². The zero-order chi connectivity index (χ0) is 20.3. The van der Waals surface area contributed by atoms with Gasteiger partial charge in [0.05, 0.1) is 5.69 Å². The van der Waals surface area contributed by atoms with Gasteiger partial charge in [0, 0.05) is 51.2 Å². The van der Waals surface area contributed by atoms with Crippen molar-refractivity contribution in [2.75, 3.05) is 42.9 Å². The van der Waals surface area contributed by atoms with E-state index in [1.807, 2.05) is 31.3 Å². The van der Waals surface area contributed by atoms with Gasteiger partial charge in [-0.1, -0.05) is 12.1 Å². The molecule has 7 nitrogen and oxygen atoms in total. The van der Waals surface area contributed by atoms with Gasteiger partial charge >= 0.3 is 0 Å². The van der Waals surface area contributed by atoms with Crippen LogP contribution in [0.5, 0.6) is 0 Å². The third kappa shape index (κ3) is 4.62. The van der Waals surface area contributed by atoms with Crippen molar-refractivity contribution in [1.82, 2.24) is 24.9 Å². The Labute approximate surface area is 177 Å². The van der Waals surface area contributed by atoms with Crippen molar-refractivity contribution < 1.29 is 0 Å². The minimum absolute atomic E-state index is 0.718. The minimum Gasteiger partial charge on any atom is -0.369 e. The number of nitrogens with one attached hydrogen (secondary N) is 1. The number of nitrogens with zero attached hydrogens (tertiary/aromatic N) is 6. The van der Waals surface area contributed by atoms with Gasteiger partial charge < -0.3 is 10.2 Å². The third-order valence-electron chi connectivity index (χ3n) is 5.97. The Morgan fingerprint density at radius 2 is 1.73 bits per heavy atom. The van der Waals surface area contributed by atoms with E-state index in [1.54, 1.807) is 4.68 Å². The van der Waals surface area contributed by atoms with E-state index in [1.165, 1.54) is 43.7 Å². The first-order valence-corrected chi connectivity index (χ1v) is 10.9. The van der Waals surface area contributed by atoms with Crippen molar-refractivity contribution >= 4 is 11.5 Å². The van der Waals surface area contributed by atoms with Crippen LogP contribution in [0.3, 0.4) is 0 Å². The fourth-order valence-corrected chi connectivity index (χ4v) is 3.96. The summed E-state index contributed by atoms with van der Waals surface area (Å²) in [5, 5.41) is 16.2. The molecular weight excluding hydrogens is 374 g/mol. The molecule has 0 amide bonds. The molecule has 30 heavy (non-hydrogen) atoms. The molecule has 0 spiro atoms. The van der Waals surface area contributed by atoms with Crippen LogP contribution in [0.1, 0.15) is 24.1 Å². The Morgan fingerprint density at radius 1 is 0.933 bits per heavy atom. The molecule has 1 saturated carbocycles. The third-order valence-corrected chi connectivity index (χ3v) is 5.97. The van der Waals surface area contributed by atoms with Gasteiger partial charge in [-0.05, 0) is 61.6 Å². The number of piperazine rings is 1. The lowest BCUT2D eigenvalue weighted by Gasteiger charge is -2.36. The van der Waals surface area contributed by atoms with Crippen LogP contribution in [0, 0.1) is 12.8 Å². The van der Waals surface area contributed by atoms with Crippen molar-refractivity contribution in [3.8, 4) is 5.82 Å². The first-order chi connectivity index (χ1) is 14.7. The second-order valence-corrected chi connectivity index (χ2v) is 8.43. The van der Waals surface area contributed by atoms with Gasteiger partial charge in [-0.3, -0.25) is 4.90 Å². The summed E-state index contributed by atoms with van der Waals surface area (Å²) in [6.45, 7) is 8.62. The number of aryl methyl sites for hydroxylation is 1. The van der Waals surface area contributed by atoms with Gasteiger partial charge in [-0.2, -0.15) is 5.10 Å². The van der Waals surface area contributed by atoms with Gasteiger partial charge in [0.25, 0.3) is 0 Å². The Balaban J connectivity index is 1.12. The Morgan fingerprint density at radius 3 is 2.37 bits per heavy atom. The van der Waals surface area contributed by atoms with Crippen LogP contribution in [-0.4, -0.2) is 57.6 Å². The molecule has 2 aromatic heterocycles. The molecule has 1 aliphatic heterocycles. The monoisotopic (exact) mass is 403 g/mol. The van der Waals surface area contributed by atoms with Crippen LogP contribution in [0.2, 0.25) is 0 Å². The van der Waals surface area contributed by atoms with Crippen LogP contribution in [-0.2, 0) is 6.54 Å². The highest BCUT2D eigenvalue weighted by Gasteiger charge is 2.26. The Kier molecular flexibility index (Phi) is 5.36. The number of aromatic nitrogens is 4. The Hall–Kier alpha value is -2.93. The second-order valence-electron chi connectivity index (χ2n) is 8.43. The summed E-state index contributed by atoms with van der Waals surface area (Å²) in [5.41, 5.74) is 3.52. The summed E-state index contributed by atoms with van der Waals surface area (Å²) < 4.78 is 1.73. The molecule has 0 bridgehead atoms. The maximum atomic E-state index is 4.36. The maximum absolute atomic E-state index is 4.36. The van der Waals surface area contributed by atoms with E-state index in [9.17, 15) is 0 Å². The summed E-state index contributed by atoms with van der Waals surface area (Å²) in [7, 11) is 0. The molecule has 0 radical (unpaired) electrons. The number of rotatable bonds is 7. The lowest BCUT2D eigenvalue weighted by Crippen LogP contribution is -2.47. The van der Waals surface area contributed by atoms with Crippen LogP contribution in [0.15, 0.2) is 48.7 Å². The van der Waals surface area contributed by atoms with Crippen molar-refractivity contribution in [1.29, 1.82) is 0 Å². The lowest BCUT2D eigenvalue weighted by atomic mass is 10.1. The minimum atomic E-state index is 0.718. The zero-order valence-corrected chi connectivity index (χ0v) is 17.5. The molecule has 0 unspecified atom stereocenters. The normalized spacial score (nSPS) is 17.3. The van der Waals surface area contributed by atoms with Crippen LogP contribution >= 0.6 is 0 Å². The molecule has 1 N–H and O–H groups in total. The van der Waals surface area contributed by atoms with Crippen molar-refractivity contribution in [2.24, 2.45) is 5.92 Å². The van der Waals surface area contributed by atoms with E-state index in [0.717, 1.165) is 42.9 Å². The predicted molar refractivity (Wildman–Crippen MR) is 119 cm³/mol. The summed E-state index contributed by atoms with van der Waals surface area (Å²) >= 11 is 0. The van der Waals surface area contributed by atoms with E-state index in [2.05, 4.69) is 54.7 Å². The van der Waals surface area contributed by atoms with E-state index >= 15 is 0 Å². The molecule has 1 aromatic carbocycles. The quantitative estimate of drug-likeness (QED) is 0.654. The molecule has 3 heterocycles. The maximum Gasteiger partial charge on any atom is 0.175 e. The average molecular weight is 404 g/mol. The van der Waals surface area contributed by atoms with Gasteiger partial charge in [0.15, 0.2) is 5.82 Å². The van der Waals surface area contributed by atoms with Crippen LogP contribution in [0.4, 0.5) is 11.5 Å². The first-order valence-electron chi connectivity index (χ1n) is 10.9. The van der Waals surface area contributed by atoms with E-state index in [4.69, 9.17) is 0 Å². The van der Waals surface area contributed by atoms with Crippen molar-refractivity contribution in [3.05, 3.63) is 59.9 Å². The standard InChI is InChI=1S/C23H29N7/c1-18-10-11-30(27-18)23-9-8-22(25-26-23)24-16-19-4-6-21(7-5-19)29-14-12-28(13-15-29)17-20-2-3-20/h4-11,20H,2-3,12-17H2,1H3,(H,24,25). The summed E-state index contributed by atoms with van der Waals surface area (Å²) in [6.07, 6.45) is 4.77. The highest BCUT2D eigenvalue weighted by atomic mass is 15.3. The highest BCUT2D eigenvalue weighted by Crippen LogP contribution is 2.30. The molecule has 3 aromatic rings. The predicted octanol–water partition coefficient (Wildman–Crippen LogP) is 3.11. The molecule has 2 fully saturated rings. The van der Waals surface area contributed by atoms with E-state index in [0.29, 0.717) is 0 Å². The largest absolute Gasteiger partial charge is 0.369 e. The molecular formula is C23H29N7. The molecule has 7 heteroatoms. The number of benzene rings is 1. The summed E-state index contributed by atoms with van der Waals surface area (Å²) in [5.74, 6) is 2.47. The fraction of sp³-hybridized carbons (Fsp3) is 0.435. The smallest absolute Gasteiger partial charge is 0.175 e. The Bertz CT molecular complexity index is 952. The first kappa shape index (κ1) is 19.1. The molecule has 2 aliphatic rings. The molecule has 1 aliphatic carbocycles. The van der Waals surface area contributed by atoms with Gasteiger partial charge in [-0.25, -0.2) is 4.68 Å². The SMILES string of the molecule is Cc1ccn(-c2ccc(NCc3ccc(N4CCN(CC5CC5)CC4)cc3)nn2)n1. The number of hydrogen-bond donors (Lipinski definition) is 1. The van der Waals surface area contributed by atoms with Gasteiger partial charge in [0.1, 0.15) is 5.82 Å². The van der Waals surface area contributed by atoms with Crippen LogP contribution < -0.4 is 10.2 Å². The average Bonchev–Trinajstić information content (AvgIpc) is 3.50. The number of anilines is 2. The zero-order valence-electron chi connectivity index (χ0n) is 17.5. The summed E-state index contributed by atoms with van der Waals surface area (Å²) in [4.78, 5) is 5.13. The van der Waals surface area contributed by atoms with Crippen molar-refractivity contribution in [3.63, 3.8) is 0 Å². The topological polar surface area (TPSA) is 62.1 Å². The summed E-state index contributed by atoms with van der Waals surface area (Å²) in [6, 6.07) is 14.7. The van der Waals surface area contributed by atoms with Crippen molar-refractivity contribution in [2.45, 2.75) is 26.3 Å². The molecule has 156 valence electrons. The highest BCUT2D eigenvalue weighted by molar-refractivity contribution is 5.48. The van der Waals surface area contributed by atoms with Gasteiger partial charge in [-0.15, -0.1) is 10.2 Å². The lowest BCUT2D eigenvalue weighted by molar-refractivity contribution is 0.248. The second kappa shape index (κ2) is 8.44. The molecule has 5 rings (SSSR count). The fourth-order valence-electron chi connectivity index (χ4n) is 3.96. The molecule has 1 saturated heterocycles.